The van der Waals surface area contributed by atoms with E-state index in [1.54, 1.807) is 11.3 Å². The van der Waals surface area contributed by atoms with Crippen LogP contribution in [0, 0.1) is 6.92 Å². The topological polar surface area (TPSA) is 22.0 Å². The second-order valence-electron chi connectivity index (χ2n) is 4.48. The fraction of sp³-hybridized carbons (Fsp3) is 0.133. The van der Waals surface area contributed by atoms with Gasteiger partial charge in [-0.3, -0.25) is 4.79 Å². The number of fused-ring (bicyclic) bond motifs is 1. The number of benzene rings is 1. The highest BCUT2D eigenvalue weighted by molar-refractivity contribution is 7.14. The lowest BCUT2D eigenvalue weighted by Crippen LogP contribution is -2.07. The van der Waals surface area contributed by atoms with Crippen molar-refractivity contribution in [1.82, 2.24) is 4.57 Å². The molecule has 0 amide bonds. The molecular weight excluding hydrogens is 278 g/mol. The van der Waals surface area contributed by atoms with E-state index >= 15 is 0 Å². The number of nitrogens with zero attached hydrogens (tertiary/aromatic N) is 1. The van der Waals surface area contributed by atoms with Crippen LogP contribution in [0.3, 0.4) is 0 Å². The Balaban J connectivity index is 1.91. The van der Waals surface area contributed by atoms with Gasteiger partial charge < -0.3 is 4.57 Å². The average molecular weight is 290 g/mol. The van der Waals surface area contributed by atoms with Crippen LogP contribution < -0.4 is 0 Å². The van der Waals surface area contributed by atoms with Crippen LogP contribution in [0.5, 0.6) is 0 Å². The van der Waals surface area contributed by atoms with Gasteiger partial charge in [-0.25, -0.2) is 0 Å². The first kappa shape index (κ1) is 12.5. The van der Waals surface area contributed by atoms with Gasteiger partial charge in [-0.15, -0.1) is 11.3 Å². The summed E-state index contributed by atoms with van der Waals surface area (Å²) in [7, 11) is 0. The molecule has 1 aromatic carbocycles. The normalized spacial score (nSPS) is 11.1. The van der Waals surface area contributed by atoms with Crippen molar-refractivity contribution in [3.05, 3.63) is 57.4 Å². The van der Waals surface area contributed by atoms with Crippen LogP contribution in [-0.2, 0) is 6.54 Å². The van der Waals surface area contributed by atoms with E-state index in [0.717, 1.165) is 20.7 Å². The minimum atomic E-state index is 0.144. The maximum absolute atomic E-state index is 12.2. The van der Waals surface area contributed by atoms with E-state index in [1.165, 1.54) is 0 Å². The van der Waals surface area contributed by atoms with Gasteiger partial charge in [-0.05, 0) is 43.3 Å². The number of carbonyl (C=O) groups excluding carboxylic acids is 1. The number of Topliss-reactive ketones (excluding diaryl/α,β-unsaturated/α-hetero) is 1. The summed E-state index contributed by atoms with van der Waals surface area (Å²) in [4.78, 5) is 14.2. The van der Waals surface area contributed by atoms with Crippen molar-refractivity contribution < 1.29 is 4.79 Å². The van der Waals surface area contributed by atoms with Crippen LogP contribution >= 0.6 is 22.9 Å². The van der Waals surface area contributed by atoms with Gasteiger partial charge in [0.15, 0.2) is 5.78 Å². The van der Waals surface area contributed by atoms with Gasteiger partial charge in [0.1, 0.15) is 0 Å². The van der Waals surface area contributed by atoms with E-state index in [4.69, 9.17) is 11.6 Å². The Morgan fingerprint density at radius 1 is 1.26 bits per heavy atom. The number of halogens is 1. The van der Waals surface area contributed by atoms with Gasteiger partial charge in [0.05, 0.1) is 11.4 Å². The number of hydrogen-bond donors (Lipinski definition) is 0. The van der Waals surface area contributed by atoms with Gasteiger partial charge in [0, 0.05) is 27.0 Å². The summed E-state index contributed by atoms with van der Waals surface area (Å²) in [6.07, 6.45) is 1.93. The van der Waals surface area contributed by atoms with Gasteiger partial charge in [-0.1, -0.05) is 11.6 Å². The van der Waals surface area contributed by atoms with Gasteiger partial charge in [0.2, 0.25) is 0 Å². The monoisotopic (exact) mass is 289 g/mol. The number of hydrogen-bond acceptors (Lipinski definition) is 2. The van der Waals surface area contributed by atoms with Crippen LogP contribution in [0.1, 0.15) is 14.5 Å². The lowest BCUT2D eigenvalue weighted by molar-refractivity contribution is 0.0977. The largest absolute Gasteiger partial charge is 0.340 e. The van der Waals surface area contributed by atoms with E-state index in [-0.39, 0.29) is 5.78 Å². The van der Waals surface area contributed by atoms with Gasteiger partial charge >= 0.3 is 0 Å². The molecule has 0 bridgehead atoms. The summed E-state index contributed by atoms with van der Waals surface area (Å²) in [5, 5.41) is 1.77. The SMILES string of the molecule is Cc1ccc(C(=O)Cn2ccc3cc(Cl)ccc32)s1. The molecule has 0 saturated heterocycles. The Morgan fingerprint density at radius 2 is 2.11 bits per heavy atom. The summed E-state index contributed by atoms with van der Waals surface area (Å²) in [6, 6.07) is 11.6. The molecule has 0 saturated carbocycles. The summed E-state index contributed by atoms with van der Waals surface area (Å²) < 4.78 is 1.96. The smallest absolute Gasteiger partial charge is 0.192 e. The molecule has 0 spiro atoms. The number of carbonyl (C=O) groups is 1. The molecule has 3 aromatic rings. The number of ketones is 1. The van der Waals surface area contributed by atoms with Crippen molar-refractivity contribution in [2.75, 3.05) is 0 Å². The Bertz CT molecular complexity index is 756. The predicted octanol–water partition coefficient (Wildman–Crippen LogP) is 4.55. The third-order valence-electron chi connectivity index (χ3n) is 3.06. The lowest BCUT2D eigenvalue weighted by Gasteiger charge is -2.03. The molecule has 2 heterocycles. The van der Waals surface area contributed by atoms with Crippen molar-refractivity contribution in [3.63, 3.8) is 0 Å². The fourth-order valence-corrected chi connectivity index (χ4v) is 3.10. The second-order valence-corrected chi connectivity index (χ2v) is 6.20. The van der Waals surface area contributed by atoms with E-state index in [1.807, 2.05) is 54.1 Å². The first-order valence-electron chi connectivity index (χ1n) is 5.97. The third kappa shape index (κ3) is 2.44. The van der Waals surface area contributed by atoms with Gasteiger partial charge in [0.25, 0.3) is 0 Å². The molecule has 19 heavy (non-hydrogen) atoms. The Labute approximate surface area is 120 Å². The minimum Gasteiger partial charge on any atom is -0.340 e. The fourth-order valence-electron chi connectivity index (χ4n) is 2.13. The van der Waals surface area contributed by atoms with Crippen molar-refractivity contribution in [1.29, 1.82) is 0 Å². The molecule has 0 atom stereocenters. The average Bonchev–Trinajstić information content (AvgIpc) is 2.96. The van der Waals surface area contributed by atoms with Crippen LogP contribution in [0.4, 0.5) is 0 Å². The minimum absolute atomic E-state index is 0.144. The first-order chi connectivity index (χ1) is 9.13. The molecule has 3 rings (SSSR count). The highest BCUT2D eigenvalue weighted by Gasteiger charge is 2.10. The van der Waals surface area contributed by atoms with Crippen LogP contribution in [0.2, 0.25) is 5.02 Å². The molecule has 0 unspecified atom stereocenters. The van der Waals surface area contributed by atoms with Crippen molar-refractivity contribution in [2.24, 2.45) is 0 Å². The number of aryl methyl sites for hydroxylation is 1. The van der Waals surface area contributed by atoms with E-state index in [2.05, 4.69) is 0 Å². The van der Waals surface area contributed by atoms with Crippen molar-refractivity contribution in [3.8, 4) is 0 Å². The number of thiophene rings is 1. The van der Waals surface area contributed by atoms with Crippen LogP contribution in [0.25, 0.3) is 10.9 Å². The zero-order valence-electron chi connectivity index (χ0n) is 10.4. The molecule has 0 aliphatic rings. The molecular formula is C15H12ClNOS. The molecule has 2 nitrogen and oxygen atoms in total. The molecule has 0 N–H and O–H groups in total. The molecule has 0 aliphatic heterocycles. The summed E-state index contributed by atoms with van der Waals surface area (Å²) >= 11 is 7.50. The Hall–Kier alpha value is -1.58. The maximum Gasteiger partial charge on any atom is 0.192 e. The van der Waals surface area contributed by atoms with Gasteiger partial charge in [-0.2, -0.15) is 0 Å². The molecule has 0 radical (unpaired) electrons. The maximum atomic E-state index is 12.2. The van der Waals surface area contributed by atoms with E-state index in [0.29, 0.717) is 11.6 Å². The quantitative estimate of drug-likeness (QED) is 0.649. The van der Waals surface area contributed by atoms with Crippen molar-refractivity contribution in [2.45, 2.75) is 13.5 Å². The molecule has 2 aromatic heterocycles. The predicted molar refractivity (Wildman–Crippen MR) is 80.3 cm³/mol. The molecule has 4 heteroatoms. The Kier molecular flexibility index (Phi) is 3.17. The lowest BCUT2D eigenvalue weighted by atomic mass is 10.2. The first-order valence-corrected chi connectivity index (χ1v) is 7.17. The summed E-state index contributed by atoms with van der Waals surface area (Å²) in [5.74, 6) is 0.144. The van der Waals surface area contributed by atoms with Crippen molar-refractivity contribution >= 4 is 39.6 Å². The summed E-state index contributed by atoms with van der Waals surface area (Å²) in [6.45, 7) is 2.37. The third-order valence-corrected chi connectivity index (χ3v) is 4.34. The van der Waals surface area contributed by atoms with E-state index < -0.39 is 0 Å². The van der Waals surface area contributed by atoms with Crippen LogP contribution in [0.15, 0.2) is 42.6 Å². The molecule has 96 valence electrons. The molecule has 0 fully saturated rings. The highest BCUT2D eigenvalue weighted by atomic mass is 35.5. The zero-order valence-corrected chi connectivity index (χ0v) is 12.0. The standard InChI is InChI=1S/C15H12ClNOS/c1-10-2-5-15(19-10)14(18)9-17-7-6-11-8-12(16)3-4-13(11)17/h2-8H,9H2,1H3. The molecule has 0 aliphatic carbocycles. The van der Waals surface area contributed by atoms with E-state index in [9.17, 15) is 4.79 Å². The Morgan fingerprint density at radius 3 is 2.84 bits per heavy atom. The number of aromatic nitrogens is 1. The second kappa shape index (κ2) is 4.83. The number of rotatable bonds is 3. The summed E-state index contributed by atoms with van der Waals surface area (Å²) in [5.41, 5.74) is 1.03. The highest BCUT2D eigenvalue weighted by Crippen LogP contribution is 2.22. The zero-order chi connectivity index (χ0) is 13.4. The van der Waals surface area contributed by atoms with Crippen LogP contribution in [-0.4, -0.2) is 10.4 Å².